The van der Waals surface area contributed by atoms with Crippen LogP contribution in [0.4, 0.5) is 0 Å². The van der Waals surface area contributed by atoms with Crippen molar-refractivity contribution in [1.82, 2.24) is 4.57 Å². The first kappa shape index (κ1) is 22.3. The molecule has 1 N–H and O–H groups in total. The van der Waals surface area contributed by atoms with Crippen molar-refractivity contribution in [2.24, 2.45) is 0 Å². The molecule has 1 aromatic heterocycles. The standard InChI is InChI=1S/C27H24INO3/c1-27(2,3)20-12-9-17(10-13-20)19-11-14-23-21(15-19)22(24(30)26(31)32)16-29(23)25(28)18-7-5-4-6-8-18/h4-16,25H,1-3H3,(H,31,32). The fourth-order valence-electron chi connectivity index (χ4n) is 3.85. The van der Waals surface area contributed by atoms with Gasteiger partial charge in [-0.2, -0.15) is 0 Å². The maximum atomic E-state index is 12.5. The molecule has 0 spiro atoms. The summed E-state index contributed by atoms with van der Waals surface area (Å²) in [5.74, 6) is -2.35. The Balaban J connectivity index is 1.85. The average molecular weight is 537 g/mol. The number of benzene rings is 3. The monoisotopic (exact) mass is 537 g/mol. The number of rotatable bonds is 5. The lowest BCUT2D eigenvalue weighted by molar-refractivity contribution is -0.131. The number of nitrogens with zero attached hydrogens (tertiary/aromatic N) is 1. The molecule has 0 amide bonds. The fourth-order valence-corrected chi connectivity index (χ4v) is 4.73. The lowest BCUT2D eigenvalue weighted by atomic mass is 9.86. The lowest BCUT2D eigenvalue weighted by Gasteiger charge is -2.19. The van der Waals surface area contributed by atoms with Crippen molar-refractivity contribution in [3.63, 3.8) is 0 Å². The van der Waals surface area contributed by atoms with E-state index >= 15 is 0 Å². The van der Waals surface area contributed by atoms with Crippen molar-refractivity contribution < 1.29 is 14.7 Å². The molecule has 0 fully saturated rings. The topological polar surface area (TPSA) is 59.3 Å². The second-order valence-corrected chi connectivity index (χ2v) is 10.1. The van der Waals surface area contributed by atoms with Gasteiger partial charge >= 0.3 is 5.97 Å². The predicted octanol–water partition coefficient (Wildman–Crippen LogP) is 6.86. The Kier molecular flexibility index (Phi) is 5.95. The number of carboxylic acids is 1. The van der Waals surface area contributed by atoms with E-state index < -0.39 is 11.8 Å². The number of halogens is 1. The summed E-state index contributed by atoms with van der Waals surface area (Å²) in [4.78, 5) is 24.0. The van der Waals surface area contributed by atoms with Gasteiger partial charge in [0.1, 0.15) is 4.05 Å². The van der Waals surface area contributed by atoms with Crippen molar-refractivity contribution in [2.75, 3.05) is 0 Å². The molecular weight excluding hydrogens is 513 g/mol. The summed E-state index contributed by atoms with van der Waals surface area (Å²) < 4.78 is 1.89. The third-order valence-corrected chi connectivity index (χ3v) is 6.99. The largest absolute Gasteiger partial charge is 0.475 e. The van der Waals surface area contributed by atoms with Crippen molar-refractivity contribution in [3.8, 4) is 11.1 Å². The molecule has 0 saturated carbocycles. The van der Waals surface area contributed by atoms with E-state index in [-0.39, 0.29) is 15.0 Å². The van der Waals surface area contributed by atoms with Crippen LogP contribution in [0.15, 0.2) is 79.0 Å². The number of alkyl halides is 1. The van der Waals surface area contributed by atoms with E-state index in [0.717, 1.165) is 22.2 Å². The van der Waals surface area contributed by atoms with Crippen molar-refractivity contribution in [2.45, 2.75) is 30.2 Å². The molecule has 0 aliphatic heterocycles. The van der Waals surface area contributed by atoms with E-state index in [9.17, 15) is 14.7 Å². The molecule has 1 atom stereocenters. The van der Waals surface area contributed by atoms with E-state index in [1.807, 2.05) is 53.1 Å². The van der Waals surface area contributed by atoms with Gasteiger partial charge in [0.15, 0.2) is 0 Å². The van der Waals surface area contributed by atoms with Gasteiger partial charge in [-0.3, -0.25) is 4.79 Å². The Morgan fingerprint density at radius 2 is 1.53 bits per heavy atom. The third kappa shape index (κ3) is 4.21. The number of aromatic nitrogens is 1. The summed E-state index contributed by atoms with van der Waals surface area (Å²) in [5.41, 5.74) is 5.38. The van der Waals surface area contributed by atoms with Crippen LogP contribution in [0.3, 0.4) is 0 Å². The van der Waals surface area contributed by atoms with Crippen molar-refractivity contribution in [3.05, 3.63) is 95.7 Å². The molecule has 4 nitrogen and oxygen atoms in total. The highest BCUT2D eigenvalue weighted by atomic mass is 127. The molecule has 32 heavy (non-hydrogen) atoms. The summed E-state index contributed by atoms with van der Waals surface area (Å²) in [6, 6.07) is 24.2. The normalized spacial score (nSPS) is 12.6. The first-order valence-electron chi connectivity index (χ1n) is 10.4. The molecule has 3 aromatic carbocycles. The van der Waals surface area contributed by atoms with Crippen LogP contribution in [0.1, 0.15) is 46.3 Å². The molecule has 1 heterocycles. The number of ketones is 1. The van der Waals surface area contributed by atoms with Crippen LogP contribution in [-0.2, 0) is 10.2 Å². The zero-order valence-corrected chi connectivity index (χ0v) is 20.3. The Labute approximate surface area is 201 Å². The van der Waals surface area contributed by atoms with Gasteiger partial charge in [-0.05, 0) is 39.8 Å². The van der Waals surface area contributed by atoms with Crippen molar-refractivity contribution in [1.29, 1.82) is 0 Å². The van der Waals surface area contributed by atoms with Crippen LogP contribution < -0.4 is 0 Å². The minimum absolute atomic E-state index is 0.0630. The number of carbonyl (C=O) groups is 2. The summed E-state index contributed by atoms with van der Waals surface area (Å²) in [6.45, 7) is 6.52. The maximum Gasteiger partial charge on any atom is 0.377 e. The van der Waals surface area contributed by atoms with Crippen LogP contribution in [0.2, 0.25) is 0 Å². The number of Topliss-reactive ketones (excluding diaryl/α,β-unsaturated/α-hetero) is 1. The van der Waals surface area contributed by atoms with Gasteiger partial charge in [0.25, 0.3) is 5.78 Å². The zero-order valence-electron chi connectivity index (χ0n) is 18.2. The predicted molar refractivity (Wildman–Crippen MR) is 137 cm³/mol. The van der Waals surface area contributed by atoms with Crippen LogP contribution in [-0.4, -0.2) is 21.4 Å². The van der Waals surface area contributed by atoms with E-state index in [2.05, 4.69) is 67.6 Å². The van der Waals surface area contributed by atoms with Crippen molar-refractivity contribution >= 4 is 45.2 Å². The van der Waals surface area contributed by atoms with E-state index in [1.54, 1.807) is 6.20 Å². The molecule has 0 saturated heterocycles. The smallest absolute Gasteiger partial charge is 0.377 e. The Morgan fingerprint density at radius 1 is 0.906 bits per heavy atom. The molecule has 4 aromatic rings. The molecule has 4 rings (SSSR count). The minimum Gasteiger partial charge on any atom is -0.475 e. The van der Waals surface area contributed by atoms with Gasteiger partial charge in [0.2, 0.25) is 0 Å². The maximum absolute atomic E-state index is 12.5. The van der Waals surface area contributed by atoms with Gasteiger partial charge in [0.05, 0.1) is 11.1 Å². The number of carboxylic acid groups (broad SMARTS) is 1. The molecule has 0 radical (unpaired) electrons. The lowest BCUT2D eigenvalue weighted by Crippen LogP contribution is -2.12. The molecule has 5 heteroatoms. The van der Waals surface area contributed by atoms with Gasteiger partial charge in [0, 0.05) is 11.6 Å². The second kappa shape index (κ2) is 8.54. The summed E-state index contributed by atoms with van der Waals surface area (Å²) in [7, 11) is 0. The zero-order chi connectivity index (χ0) is 23.0. The van der Waals surface area contributed by atoms with Gasteiger partial charge < -0.3 is 9.67 Å². The second-order valence-electron chi connectivity index (χ2n) is 8.89. The molecule has 1 unspecified atom stereocenters. The molecular formula is C27H24INO3. The first-order valence-corrected chi connectivity index (χ1v) is 11.6. The molecule has 0 aliphatic rings. The highest BCUT2D eigenvalue weighted by molar-refractivity contribution is 14.1. The molecule has 162 valence electrons. The number of hydrogen-bond acceptors (Lipinski definition) is 2. The van der Waals surface area contributed by atoms with E-state index in [4.69, 9.17) is 0 Å². The number of aliphatic carboxylic acids is 1. The van der Waals surface area contributed by atoms with Crippen LogP contribution in [0.5, 0.6) is 0 Å². The van der Waals surface area contributed by atoms with Gasteiger partial charge in [-0.15, -0.1) is 0 Å². The van der Waals surface area contributed by atoms with Gasteiger partial charge in [-0.1, -0.05) is 104 Å². The van der Waals surface area contributed by atoms with Crippen LogP contribution >= 0.6 is 22.6 Å². The van der Waals surface area contributed by atoms with E-state index in [0.29, 0.717) is 5.39 Å². The highest BCUT2D eigenvalue weighted by Gasteiger charge is 2.24. The first-order chi connectivity index (χ1) is 15.2. The fraction of sp³-hybridized carbons (Fsp3) is 0.185. The molecule has 0 aliphatic carbocycles. The van der Waals surface area contributed by atoms with Crippen LogP contribution in [0, 0.1) is 0 Å². The quantitative estimate of drug-likeness (QED) is 0.131. The summed E-state index contributed by atoms with van der Waals surface area (Å²) in [5, 5.41) is 10.0. The number of fused-ring (bicyclic) bond motifs is 1. The number of hydrogen-bond donors (Lipinski definition) is 1. The average Bonchev–Trinajstić information content (AvgIpc) is 3.16. The highest BCUT2D eigenvalue weighted by Crippen LogP contribution is 2.35. The summed E-state index contributed by atoms with van der Waals surface area (Å²) in [6.07, 6.45) is 1.66. The Bertz CT molecular complexity index is 1300. The summed E-state index contributed by atoms with van der Waals surface area (Å²) >= 11 is 2.31. The molecule has 0 bridgehead atoms. The minimum atomic E-state index is -1.45. The SMILES string of the molecule is CC(C)(C)c1ccc(-c2ccc3c(c2)c(C(=O)C(=O)O)cn3C(I)c2ccccc2)cc1. The Morgan fingerprint density at radius 3 is 2.12 bits per heavy atom. The number of carbonyl (C=O) groups excluding carboxylic acids is 1. The van der Waals surface area contributed by atoms with Gasteiger partial charge in [-0.25, -0.2) is 4.79 Å². The Hall–Kier alpha value is -2.93. The third-order valence-electron chi connectivity index (χ3n) is 5.68. The van der Waals surface area contributed by atoms with Crippen LogP contribution in [0.25, 0.3) is 22.0 Å². The van der Waals surface area contributed by atoms with E-state index in [1.165, 1.54) is 5.56 Å².